The first-order valence-corrected chi connectivity index (χ1v) is 8.85. The van der Waals surface area contributed by atoms with Gasteiger partial charge in [-0.25, -0.2) is 0 Å². The number of aromatic nitrogens is 2. The van der Waals surface area contributed by atoms with Crippen molar-refractivity contribution in [3.05, 3.63) is 71.8 Å². The molecule has 4 rings (SSSR count). The second-order valence-corrected chi connectivity index (χ2v) is 6.38. The summed E-state index contributed by atoms with van der Waals surface area (Å²) in [4.78, 5) is 14.4. The first-order chi connectivity index (χ1) is 13.2. The molecule has 6 heteroatoms. The van der Waals surface area contributed by atoms with Gasteiger partial charge in [0.05, 0.1) is 13.5 Å². The summed E-state index contributed by atoms with van der Waals surface area (Å²) in [6, 6.07) is 19.4. The molecule has 27 heavy (non-hydrogen) atoms. The Morgan fingerprint density at radius 2 is 1.89 bits per heavy atom. The van der Waals surface area contributed by atoms with Gasteiger partial charge in [0.1, 0.15) is 5.75 Å². The van der Waals surface area contributed by atoms with Crippen LogP contribution in [0, 0.1) is 0 Å². The van der Waals surface area contributed by atoms with Gasteiger partial charge < -0.3 is 15.0 Å². The molecule has 0 bridgehead atoms. The molecule has 0 fully saturated rings. The maximum absolute atomic E-state index is 12.2. The normalized spacial score (nSPS) is 12.6. The van der Waals surface area contributed by atoms with Gasteiger partial charge in [0.25, 0.3) is 0 Å². The predicted molar refractivity (Wildman–Crippen MR) is 105 cm³/mol. The van der Waals surface area contributed by atoms with Crippen LogP contribution in [0.4, 0.5) is 17.3 Å². The molecule has 2 aromatic carbocycles. The Bertz CT molecular complexity index is 939. The van der Waals surface area contributed by atoms with Crippen molar-refractivity contribution < 1.29 is 9.53 Å². The topological polar surface area (TPSA) is 67.3 Å². The number of hydrogen-bond acceptors (Lipinski definition) is 5. The third kappa shape index (κ3) is 3.74. The zero-order valence-corrected chi connectivity index (χ0v) is 15.1. The molecule has 2 heterocycles. The van der Waals surface area contributed by atoms with E-state index in [1.165, 1.54) is 11.3 Å². The lowest BCUT2D eigenvalue weighted by Gasteiger charge is -2.17. The minimum absolute atomic E-state index is 0.131. The number of nitrogens with one attached hydrogen (secondary N) is 1. The number of ether oxygens (including phenoxy) is 1. The number of para-hydroxylation sites is 1. The fourth-order valence-corrected chi connectivity index (χ4v) is 3.23. The van der Waals surface area contributed by atoms with Crippen LogP contribution in [0.25, 0.3) is 0 Å². The number of fused-ring (bicyclic) bond motifs is 1. The summed E-state index contributed by atoms with van der Waals surface area (Å²) in [6.45, 7) is 0.886. The Balaban J connectivity index is 1.40. The van der Waals surface area contributed by atoms with E-state index in [0.29, 0.717) is 5.82 Å². The highest BCUT2D eigenvalue weighted by Gasteiger charge is 2.21. The maximum Gasteiger partial charge on any atom is 0.229 e. The number of nitrogens with zero attached hydrogens (tertiary/aromatic N) is 3. The van der Waals surface area contributed by atoms with Crippen LogP contribution in [0.3, 0.4) is 0 Å². The average molecular weight is 360 g/mol. The van der Waals surface area contributed by atoms with Crippen molar-refractivity contribution in [1.29, 1.82) is 0 Å². The molecule has 0 atom stereocenters. The van der Waals surface area contributed by atoms with Crippen molar-refractivity contribution in [2.24, 2.45) is 0 Å². The van der Waals surface area contributed by atoms with Crippen molar-refractivity contribution in [1.82, 2.24) is 10.2 Å². The van der Waals surface area contributed by atoms with E-state index in [9.17, 15) is 4.79 Å². The number of carbonyl (C=O) groups is 1. The molecule has 1 amide bonds. The molecule has 0 saturated carbocycles. The van der Waals surface area contributed by atoms with Gasteiger partial charge in [-0.1, -0.05) is 30.3 Å². The number of anilines is 3. The summed E-state index contributed by atoms with van der Waals surface area (Å²) in [5.74, 6) is 1.87. The van der Waals surface area contributed by atoms with Crippen LogP contribution in [-0.2, 0) is 17.6 Å². The zero-order valence-electron chi connectivity index (χ0n) is 15.1. The molecule has 0 spiro atoms. The van der Waals surface area contributed by atoms with Crippen LogP contribution in [0.15, 0.2) is 60.7 Å². The number of carbonyl (C=O) groups excluding carboxylic acids is 1. The standard InChI is InChI=1S/C21H20N4O2/c1-27-17-8-6-15(7-9-17)14-21(26)22-19-10-11-20(24-23-19)25-13-12-16-4-2-3-5-18(16)25/h2-11H,12-14H2,1H3,(H,22,23,26). The van der Waals surface area contributed by atoms with Gasteiger partial charge in [0.2, 0.25) is 5.91 Å². The lowest BCUT2D eigenvalue weighted by atomic mass is 10.1. The number of rotatable bonds is 5. The largest absolute Gasteiger partial charge is 0.497 e. The predicted octanol–water partition coefficient (Wildman–Crippen LogP) is 3.36. The van der Waals surface area contributed by atoms with Crippen LogP contribution in [0.1, 0.15) is 11.1 Å². The van der Waals surface area contributed by atoms with Crippen molar-refractivity contribution in [2.75, 3.05) is 23.9 Å². The highest BCUT2D eigenvalue weighted by atomic mass is 16.5. The van der Waals surface area contributed by atoms with Gasteiger partial charge in [0.15, 0.2) is 11.6 Å². The van der Waals surface area contributed by atoms with E-state index in [1.54, 1.807) is 13.2 Å². The fraction of sp³-hybridized carbons (Fsp3) is 0.190. The molecule has 1 aromatic heterocycles. The molecule has 1 aliphatic rings. The number of hydrogen-bond donors (Lipinski definition) is 1. The van der Waals surface area contributed by atoms with E-state index in [0.717, 1.165) is 30.1 Å². The van der Waals surface area contributed by atoms with E-state index in [1.807, 2.05) is 36.4 Å². The van der Waals surface area contributed by atoms with E-state index in [4.69, 9.17) is 4.74 Å². The minimum Gasteiger partial charge on any atom is -0.497 e. The van der Waals surface area contributed by atoms with E-state index in [-0.39, 0.29) is 12.3 Å². The van der Waals surface area contributed by atoms with Gasteiger partial charge >= 0.3 is 0 Å². The van der Waals surface area contributed by atoms with Gasteiger partial charge in [-0.05, 0) is 47.9 Å². The Morgan fingerprint density at radius 3 is 2.63 bits per heavy atom. The first-order valence-electron chi connectivity index (χ1n) is 8.85. The summed E-state index contributed by atoms with van der Waals surface area (Å²) < 4.78 is 5.12. The van der Waals surface area contributed by atoms with Crippen molar-refractivity contribution >= 4 is 23.2 Å². The molecule has 136 valence electrons. The molecule has 0 aliphatic carbocycles. The minimum atomic E-state index is -0.131. The Labute approximate surface area is 157 Å². The Kier molecular flexibility index (Phi) is 4.70. The summed E-state index contributed by atoms with van der Waals surface area (Å²) in [6.07, 6.45) is 1.27. The summed E-state index contributed by atoms with van der Waals surface area (Å²) in [5.41, 5.74) is 3.39. The number of benzene rings is 2. The molecule has 3 aromatic rings. The second-order valence-electron chi connectivity index (χ2n) is 6.38. The SMILES string of the molecule is COc1ccc(CC(=O)Nc2ccc(N3CCc4ccccc43)nn2)cc1. The molecular formula is C21H20N4O2. The quantitative estimate of drug-likeness (QED) is 0.756. The van der Waals surface area contributed by atoms with Gasteiger partial charge in [0, 0.05) is 12.2 Å². The smallest absolute Gasteiger partial charge is 0.229 e. The average Bonchev–Trinajstić information content (AvgIpc) is 3.13. The van der Waals surface area contributed by atoms with Gasteiger partial charge in [-0.15, -0.1) is 10.2 Å². The molecular weight excluding hydrogens is 340 g/mol. The maximum atomic E-state index is 12.2. The van der Waals surface area contributed by atoms with E-state index in [2.05, 4.69) is 38.6 Å². The molecule has 6 nitrogen and oxygen atoms in total. The molecule has 0 unspecified atom stereocenters. The van der Waals surface area contributed by atoms with Crippen LogP contribution < -0.4 is 15.0 Å². The van der Waals surface area contributed by atoms with Crippen molar-refractivity contribution in [3.63, 3.8) is 0 Å². The molecule has 1 aliphatic heterocycles. The number of methoxy groups -OCH3 is 1. The zero-order chi connectivity index (χ0) is 18.6. The van der Waals surface area contributed by atoms with Crippen LogP contribution in [0.2, 0.25) is 0 Å². The molecule has 0 saturated heterocycles. The Morgan fingerprint density at radius 1 is 1.07 bits per heavy atom. The van der Waals surface area contributed by atoms with Crippen molar-refractivity contribution in [3.8, 4) is 5.75 Å². The molecule has 1 N–H and O–H groups in total. The van der Waals surface area contributed by atoms with E-state index >= 15 is 0 Å². The molecule has 0 radical (unpaired) electrons. The fourth-order valence-electron chi connectivity index (χ4n) is 3.23. The first kappa shape index (κ1) is 17.0. The third-order valence-electron chi connectivity index (χ3n) is 4.61. The van der Waals surface area contributed by atoms with Crippen LogP contribution in [-0.4, -0.2) is 29.8 Å². The van der Waals surface area contributed by atoms with Crippen molar-refractivity contribution in [2.45, 2.75) is 12.8 Å². The van der Waals surface area contributed by atoms with Crippen LogP contribution >= 0.6 is 0 Å². The van der Waals surface area contributed by atoms with Crippen LogP contribution in [0.5, 0.6) is 5.75 Å². The van der Waals surface area contributed by atoms with Gasteiger partial charge in [-0.2, -0.15) is 0 Å². The second kappa shape index (κ2) is 7.45. The summed E-state index contributed by atoms with van der Waals surface area (Å²) in [7, 11) is 1.62. The van der Waals surface area contributed by atoms with Gasteiger partial charge in [-0.3, -0.25) is 4.79 Å². The lowest BCUT2D eigenvalue weighted by Crippen LogP contribution is -2.18. The Hall–Kier alpha value is -3.41. The lowest BCUT2D eigenvalue weighted by molar-refractivity contribution is -0.115. The monoisotopic (exact) mass is 360 g/mol. The summed E-state index contributed by atoms with van der Waals surface area (Å²) in [5, 5.41) is 11.2. The number of amides is 1. The highest BCUT2D eigenvalue weighted by Crippen LogP contribution is 2.32. The summed E-state index contributed by atoms with van der Waals surface area (Å²) >= 11 is 0. The highest BCUT2D eigenvalue weighted by molar-refractivity contribution is 5.91. The third-order valence-corrected chi connectivity index (χ3v) is 4.61. The van der Waals surface area contributed by atoms with E-state index < -0.39 is 0 Å².